The van der Waals surface area contributed by atoms with E-state index in [0.29, 0.717) is 29.2 Å². The van der Waals surface area contributed by atoms with Crippen LogP contribution in [-0.2, 0) is 0 Å². The number of H-pyrrole nitrogens is 1. The van der Waals surface area contributed by atoms with Crippen molar-refractivity contribution in [2.75, 3.05) is 24.5 Å². The Balaban J connectivity index is 1.22. The van der Waals surface area contributed by atoms with Crippen LogP contribution in [0.1, 0.15) is 32.1 Å². The summed E-state index contributed by atoms with van der Waals surface area (Å²) >= 11 is 0. The van der Waals surface area contributed by atoms with Gasteiger partial charge in [-0.2, -0.15) is 5.10 Å². The van der Waals surface area contributed by atoms with Crippen LogP contribution in [0.2, 0.25) is 0 Å². The molecule has 2 aromatic heterocycles. The highest BCUT2D eigenvalue weighted by Gasteiger charge is 2.26. The number of rotatable bonds is 6. The summed E-state index contributed by atoms with van der Waals surface area (Å²) in [5.74, 6) is 1.45. The summed E-state index contributed by atoms with van der Waals surface area (Å²) in [7, 11) is 0. The largest absolute Gasteiger partial charge is 0.507 e. The van der Waals surface area contributed by atoms with Gasteiger partial charge in [0, 0.05) is 36.5 Å². The number of anilines is 1. The van der Waals surface area contributed by atoms with Gasteiger partial charge < -0.3 is 15.3 Å². The van der Waals surface area contributed by atoms with Gasteiger partial charge in [0.05, 0.1) is 12.4 Å². The molecule has 0 spiro atoms. The smallest absolute Gasteiger partial charge is 0.245 e. The molecule has 8 heteroatoms. The van der Waals surface area contributed by atoms with Gasteiger partial charge >= 0.3 is 0 Å². The quantitative estimate of drug-likeness (QED) is 0.579. The first-order valence-corrected chi connectivity index (χ1v) is 10.8. The van der Waals surface area contributed by atoms with Crippen molar-refractivity contribution in [3.05, 3.63) is 36.8 Å². The lowest BCUT2D eigenvalue weighted by Gasteiger charge is -2.18. The minimum Gasteiger partial charge on any atom is -0.507 e. The Morgan fingerprint density at radius 2 is 2.00 bits per heavy atom. The van der Waals surface area contributed by atoms with Crippen LogP contribution in [0.4, 0.5) is 5.95 Å². The van der Waals surface area contributed by atoms with Gasteiger partial charge in [0.2, 0.25) is 5.95 Å². The number of aromatic nitrogens is 5. The zero-order valence-corrected chi connectivity index (χ0v) is 17.0. The standard InChI is InChI=1S/C22H27N7O/c30-21-9-16(17-11-25-26-12-17)5-6-19(21)20-13-24-22(28-27-20)29-8-7-15(14-29)10-23-18-3-1-2-4-18/h5-6,9,11-13,15,18,23,30H,1-4,7-8,10,14H2,(H,25,26). The van der Waals surface area contributed by atoms with E-state index in [4.69, 9.17) is 0 Å². The molecule has 1 aliphatic carbocycles. The zero-order chi connectivity index (χ0) is 20.3. The summed E-state index contributed by atoms with van der Waals surface area (Å²) in [6.07, 6.45) is 11.7. The first-order chi connectivity index (χ1) is 14.8. The maximum absolute atomic E-state index is 10.5. The van der Waals surface area contributed by atoms with Gasteiger partial charge in [-0.05, 0) is 49.4 Å². The van der Waals surface area contributed by atoms with Crippen molar-refractivity contribution >= 4 is 5.95 Å². The number of phenols is 1. The molecule has 1 aliphatic heterocycles. The normalized spacial score (nSPS) is 19.6. The van der Waals surface area contributed by atoms with Crippen molar-refractivity contribution in [2.45, 2.75) is 38.1 Å². The fraction of sp³-hybridized carbons (Fsp3) is 0.455. The molecule has 1 aromatic carbocycles. The lowest BCUT2D eigenvalue weighted by atomic mass is 10.0. The van der Waals surface area contributed by atoms with Gasteiger partial charge in [-0.15, -0.1) is 10.2 Å². The molecule has 3 heterocycles. The molecule has 8 nitrogen and oxygen atoms in total. The van der Waals surface area contributed by atoms with Crippen LogP contribution < -0.4 is 10.2 Å². The summed E-state index contributed by atoms with van der Waals surface area (Å²) in [6, 6.07) is 6.18. The molecule has 1 saturated carbocycles. The highest BCUT2D eigenvalue weighted by molar-refractivity contribution is 5.73. The average molecular weight is 406 g/mol. The van der Waals surface area contributed by atoms with Gasteiger partial charge in [-0.1, -0.05) is 18.9 Å². The molecule has 1 saturated heterocycles. The SMILES string of the molecule is Oc1cc(-c2cn[nH]c2)ccc1-c1cnc(N2CCC(CNC3CCCC3)C2)nn1. The van der Waals surface area contributed by atoms with Crippen molar-refractivity contribution in [3.63, 3.8) is 0 Å². The molecule has 2 aliphatic rings. The second kappa shape index (κ2) is 8.39. The van der Waals surface area contributed by atoms with E-state index in [-0.39, 0.29) is 5.75 Å². The Morgan fingerprint density at radius 3 is 2.73 bits per heavy atom. The van der Waals surface area contributed by atoms with E-state index in [1.807, 2.05) is 12.1 Å². The lowest BCUT2D eigenvalue weighted by molar-refractivity contribution is 0.450. The maximum Gasteiger partial charge on any atom is 0.245 e. The molecule has 5 rings (SSSR count). The highest BCUT2D eigenvalue weighted by atomic mass is 16.3. The Morgan fingerprint density at radius 1 is 1.10 bits per heavy atom. The zero-order valence-electron chi connectivity index (χ0n) is 17.0. The predicted molar refractivity (Wildman–Crippen MR) is 115 cm³/mol. The van der Waals surface area contributed by atoms with E-state index in [1.165, 1.54) is 25.7 Å². The summed E-state index contributed by atoms with van der Waals surface area (Å²) in [4.78, 5) is 6.74. The molecule has 0 bridgehead atoms. The molecule has 3 N–H and O–H groups in total. The molecular formula is C22H27N7O. The predicted octanol–water partition coefficient (Wildman–Crippen LogP) is 2.99. The summed E-state index contributed by atoms with van der Waals surface area (Å²) in [6.45, 7) is 3.00. The van der Waals surface area contributed by atoms with Crippen molar-refractivity contribution in [1.82, 2.24) is 30.7 Å². The van der Waals surface area contributed by atoms with Crippen molar-refractivity contribution < 1.29 is 5.11 Å². The van der Waals surface area contributed by atoms with Gasteiger partial charge in [-0.3, -0.25) is 5.10 Å². The minimum atomic E-state index is 0.150. The topological polar surface area (TPSA) is 103 Å². The van der Waals surface area contributed by atoms with Crippen molar-refractivity contribution in [2.24, 2.45) is 5.92 Å². The van der Waals surface area contributed by atoms with Crippen molar-refractivity contribution in [1.29, 1.82) is 0 Å². The number of phenolic OH excluding ortho intramolecular Hbond substituents is 1. The van der Waals surface area contributed by atoms with E-state index >= 15 is 0 Å². The van der Waals surface area contributed by atoms with E-state index in [1.54, 1.807) is 24.7 Å². The minimum absolute atomic E-state index is 0.150. The van der Waals surface area contributed by atoms with Gasteiger partial charge in [-0.25, -0.2) is 4.98 Å². The third-order valence-electron chi connectivity index (χ3n) is 6.27. The van der Waals surface area contributed by atoms with E-state index in [2.05, 4.69) is 35.6 Å². The molecule has 3 aromatic rings. The maximum atomic E-state index is 10.5. The molecule has 1 unspecified atom stereocenters. The van der Waals surface area contributed by atoms with Crippen LogP contribution in [0.15, 0.2) is 36.8 Å². The van der Waals surface area contributed by atoms with Crippen LogP contribution >= 0.6 is 0 Å². The highest BCUT2D eigenvalue weighted by Crippen LogP contribution is 2.32. The monoisotopic (exact) mass is 405 g/mol. The van der Waals surface area contributed by atoms with E-state index in [9.17, 15) is 5.11 Å². The van der Waals surface area contributed by atoms with Gasteiger partial charge in [0.25, 0.3) is 0 Å². The molecule has 30 heavy (non-hydrogen) atoms. The number of nitrogens with one attached hydrogen (secondary N) is 2. The fourth-order valence-electron chi connectivity index (χ4n) is 4.52. The second-order valence-electron chi connectivity index (χ2n) is 8.35. The molecule has 0 amide bonds. The molecule has 1 atom stereocenters. The number of aromatic amines is 1. The van der Waals surface area contributed by atoms with Crippen LogP contribution in [0.5, 0.6) is 5.75 Å². The summed E-state index contributed by atoms with van der Waals surface area (Å²) in [5, 5.41) is 29.6. The molecular weight excluding hydrogens is 378 g/mol. The van der Waals surface area contributed by atoms with Crippen LogP contribution in [-0.4, -0.2) is 56.2 Å². The second-order valence-corrected chi connectivity index (χ2v) is 8.35. The van der Waals surface area contributed by atoms with Gasteiger partial charge in [0.15, 0.2) is 0 Å². The number of benzene rings is 1. The van der Waals surface area contributed by atoms with E-state index in [0.717, 1.165) is 37.2 Å². The lowest BCUT2D eigenvalue weighted by Crippen LogP contribution is -2.32. The Hall–Kier alpha value is -3.00. The molecule has 2 fully saturated rings. The summed E-state index contributed by atoms with van der Waals surface area (Å²) < 4.78 is 0. The Labute approximate surface area is 175 Å². The van der Waals surface area contributed by atoms with Crippen LogP contribution in [0.3, 0.4) is 0 Å². The fourth-order valence-corrected chi connectivity index (χ4v) is 4.52. The number of nitrogens with zero attached hydrogens (tertiary/aromatic N) is 5. The Bertz CT molecular complexity index is 968. The first-order valence-electron chi connectivity index (χ1n) is 10.8. The average Bonchev–Trinajstić information content (AvgIpc) is 3.55. The first kappa shape index (κ1) is 19.0. The number of hydrogen-bond acceptors (Lipinski definition) is 7. The molecule has 0 radical (unpaired) electrons. The Kier molecular flexibility index (Phi) is 5.31. The summed E-state index contributed by atoms with van der Waals surface area (Å²) in [5.41, 5.74) is 2.99. The van der Waals surface area contributed by atoms with Gasteiger partial charge in [0.1, 0.15) is 11.4 Å². The molecule has 156 valence electrons. The number of aromatic hydroxyl groups is 1. The number of hydrogen-bond donors (Lipinski definition) is 3. The van der Waals surface area contributed by atoms with Crippen molar-refractivity contribution in [3.8, 4) is 28.1 Å². The van der Waals surface area contributed by atoms with Crippen LogP contribution in [0, 0.1) is 5.92 Å². The third-order valence-corrected chi connectivity index (χ3v) is 6.27. The van der Waals surface area contributed by atoms with Crippen LogP contribution in [0.25, 0.3) is 22.4 Å². The van der Waals surface area contributed by atoms with E-state index < -0.39 is 0 Å². The third kappa shape index (κ3) is 4.00.